The molecule has 0 N–H and O–H groups in total. The van der Waals surface area contributed by atoms with Crippen molar-refractivity contribution in [3.8, 4) is 11.1 Å². The fourth-order valence-corrected chi connectivity index (χ4v) is 16.3. The lowest BCUT2D eigenvalue weighted by Gasteiger charge is -2.52. The minimum absolute atomic E-state index is 0.00165. The molecule has 0 amide bonds. The summed E-state index contributed by atoms with van der Waals surface area (Å²) in [6.07, 6.45) is 0. The molecule has 1 unspecified atom stereocenters. The number of hydrogen-bond acceptors (Lipinski definition) is 3. The van der Waals surface area contributed by atoms with Crippen LogP contribution in [-0.4, -0.2) is 14.8 Å². The summed E-state index contributed by atoms with van der Waals surface area (Å²) in [5, 5.41) is 4.49. The van der Waals surface area contributed by atoms with Crippen molar-refractivity contribution >= 4 is 97.9 Å². The Labute approximate surface area is 429 Å². The van der Waals surface area contributed by atoms with Gasteiger partial charge >= 0.3 is 0 Å². The standard InChI is InChI=1S/C67H64BN3Si/c1-65(2,3)47-33-37-53(38-34-47)71-57-40-49(67(7,8)9)42-61-64(57)68-62-58(43-54(44-59(62)71)69(50-25-17-12-18-26-50)51-27-19-13-20-28-51)70(52-35-31-46(32-36-52)45-23-15-11-16-24-45)56-39-48(66(4,5)6)41-60(63(56)68)72(61,10)55-29-21-14-22-30-55/h11-44H,1-10H3. The monoisotopic (exact) mass is 949 g/mol. The summed E-state index contributed by atoms with van der Waals surface area (Å²) in [5.41, 5.74) is 21.2. The van der Waals surface area contributed by atoms with Crippen molar-refractivity contribution in [1.82, 2.24) is 0 Å². The molecule has 3 aliphatic heterocycles. The molecule has 9 aromatic rings. The van der Waals surface area contributed by atoms with Gasteiger partial charge in [-0.25, -0.2) is 0 Å². The highest BCUT2D eigenvalue weighted by Crippen LogP contribution is 2.50. The summed E-state index contributed by atoms with van der Waals surface area (Å²) < 4.78 is 0. The molecule has 0 aliphatic carbocycles. The van der Waals surface area contributed by atoms with Crippen molar-refractivity contribution in [2.45, 2.75) is 85.1 Å². The summed E-state index contributed by atoms with van der Waals surface area (Å²) >= 11 is 0. The summed E-state index contributed by atoms with van der Waals surface area (Å²) in [5.74, 6) is 0. The smallest absolute Gasteiger partial charge is 0.251 e. The van der Waals surface area contributed by atoms with Gasteiger partial charge in [0.2, 0.25) is 0 Å². The van der Waals surface area contributed by atoms with Crippen LogP contribution in [0.4, 0.5) is 51.2 Å². The molecule has 0 saturated carbocycles. The molecule has 1 atom stereocenters. The van der Waals surface area contributed by atoms with Gasteiger partial charge in [-0.3, -0.25) is 0 Å². The van der Waals surface area contributed by atoms with E-state index in [2.05, 4.69) is 290 Å². The number of rotatable bonds is 7. The van der Waals surface area contributed by atoms with Gasteiger partial charge in [-0.15, -0.1) is 0 Å². The van der Waals surface area contributed by atoms with Gasteiger partial charge in [-0.2, -0.15) is 0 Å². The van der Waals surface area contributed by atoms with Crippen LogP contribution >= 0.6 is 0 Å². The van der Waals surface area contributed by atoms with E-state index in [1.54, 1.807) is 0 Å². The highest BCUT2D eigenvalue weighted by molar-refractivity contribution is 7.21. The lowest BCUT2D eigenvalue weighted by Crippen LogP contribution is -2.83. The van der Waals surface area contributed by atoms with E-state index in [1.165, 1.54) is 88.2 Å². The molecule has 3 heterocycles. The maximum atomic E-state index is 2.66. The average Bonchev–Trinajstić information content (AvgIpc) is 3.38. The molecule has 0 bridgehead atoms. The van der Waals surface area contributed by atoms with Gasteiger partial charge in [-0.1, -0.05) is 213 Å². The molecule has 72 heavy (non-hydrogen) atoms. The minimum atomic E-state index is -2.78. The predicted octanol–water partition coefficient (Wildman–Crippen LogP) is 14.2. The van der Waals surface area contributed by atoms with Gasteiger partial charge in [0.1, 0.15) is 8.07 Å². The maximum Gasteiger partial charge on any atom is 0.251 e. The first kappa shape index (κ1) is 45.8. The summed E-state index contributed by atoms with van der Waals surface area (Å²) in [4.78, 5) is 7.76. The first-order valence-corrected chi connectivity index (χ1v) is 28.4. The van der Waals surface area contributed by atoms with E-state index in [0.717, 1.165) is 22.7 Å². The number of anilines is 9. The van der Waals surface area contributed by atoms with E-state index in [0.29, 0.717) is 0 Å². The van der Waals surface area contributed by atoms with Crippen LogP contribution < -0.4 is 46.6 Å². The van der Waals surface area contributed by atoms with Crippen molar-refractivity contribution in [2.75, 3.05) is 14.7 Å². The summed E-state index contributed by atoms with van der Waals surface area (Å²) in [7, 11) is -2.78. The minimum Gasteiger partial charge on any atom is -0.311 e. The molecule has 0 spiro atoms. The normalized spacial score (nSPS) is 15.6. The molecule has 354 valence electrons. The molecule has 3 aliphatic rings. The Bertz CT molecular complexity index is 3480. The van der Waals surface area contributed by atoms with Crippen LogP contribution in [-0.2, 0) is 16.2 Å². The predicted molar refractivity (Wildman–Crippen MR) is 314 cm³/mol. The maximum absolute atomic E-state index is 2.78. The molecular formula is C67H64BN3Si. The van der Waals surface area contributed by atoms with Crippen molar-refractivity contribution in [2.24, 2.45) is 0 Å². The molecule has 0 saturated heterocycles. The van der Waals surface area contributed by atoms with E-state index in [-0.39, 0.29) is 23.0 Å². The van der Waals surface area contributed by atoms with Gasteiger partial charge in [-0.05, 0) is 138 Å². The second-order valence-electron chi connectivity index (χ2n) is 23.6. The molecule has 3 nitrogen and oxygen atoms in total. The van der Waals surface area contributed by atoms with Crippen LogP contribution in [0.5, 0.6) is 0 Å². The van der Waals surface area contributed by atoms with Gasteiger partial charge in [0.05, 0.1) is 5.69 Å². The first-order valence-electron chi connectivity index (χ1n) is 25.9. The topological polar surface area (TPSA) is 9.72 Å². The van der Waals surface area contributed by atoms with Gasteiger partial charge < -0.3 is 14.7 Å². The third kappa shape index (κ3) is 7.30. The van der Waals surface area contributed by atoms with Crippen molar-refractivity contribution in [3.63, 3.8) is 0 Å². The van der Waals surface area contributed by atoms with Crippen molar-refractivity contribution in [1.29, 1.82) is 0 Å². The molecule has 9 aromatic carbocycles. The Hall–Kier alpha value is -7.34. The van der Waals surface area contributed by atoms with Crippen LogP contribution in [0.25, 0.3) is 11.1 Å². The van der Waals surface area contributed by atoms with Gasteiger partial charge in [0.25, 0.3) is 6.71 Å². The van der Waals surface area contributed by atoms with Gasteiger partial charge in [0, 0.05) is 45.5 Å². The van der Waals surface area contributed by atoms with Crippen LogP contribution in [0.15, 0.2) is 206 Å². The third-order valence-corrected chi connectivity index (χ3v) is 20.4. The van der Waals surface area contributed by atoms with Crippen LogP contribution in [0.2, 0.25) is 6.55 Å². The Morgan fingerprint density at radius 3 is 1.17 bits per heavy atom. The van der Waals surface area contributed by atoms with E-state index in [1.807, 2.05) is 0 Å². The molecular weight excluding hydrogens is 886 g/mol. The number of hydrogen-bond donors (Lipinski definition) is 0. The molecule has 5 heteroatoms. The molecule has 12 rings (SSSR count). The SMILES string of the molecule is CC(C)(C)c1ccc(N2c3cc(N(c4ccccc4)c4ccccc4)cc4c3B3c5c(cc(C(C)(C)C)cc5[Si](C)(c5ccccc5)c5cc(C(C)(C)C)cc2c53)N4c2ccc(-c3ccccc3)cc2)cc1. The average molecular weight is 950 g/mol. The van der Waals surface area contributed by atoms with E-state index < -0.39 is 8.07 Å². The highest BCUT2D eigenvalue weighted by Gasteiger charge is 2.55. The Balaban J connectivity index is 1.26. The Morgan fingerprint density at radius 1 is 0.361 bits per heavy atom. The van der Waals surface area contributed by atoms with Crippen LogP contribution in [0.3, 0.4) is 0 Å². The fourth-order valence-electron chi connectivity index (χ4n) is 12.0. The van der Waals surface area contributed by atoms with E-state index >= 15 is 0 Å². The quantitative estimate of drug-likeness (QED) is 0.147. The fraction of sp³-hybridized carbons (Fsp3) is 0.194. The zero-order chi connectivity index (χ0) is 49.9. The second kappa shape index (κ2) is 16.6. The van der Waals surface area contributed by atoms with E-state index in [9.17, 15) is 0 Å². The van der Waals surface area contributed by atoms with Crippen LogP contribution in [0, 0.1) is 0 Å². The molecule has 0 fully saturated rings. The van der Waals surface area contributed by atoms with Crippen molar-refractivity contribution < 1.29 is 0 Å². The van der Waals surface area contributed by atoms with Crippen molar-refractivity contribution in [3.05, 3.63) is 223 Å². The zero-order valence-corrected chi connectivity index (χ0v) is 44.5. The number of para-hydroxylation sites is 2. The lowest BCUT2D eigenvalue weighted by atomic mass is 9.33. The molecule has 0 radical (unpaired) electrons. The second-order valence-corrected chi connectivity index (χ2v) is 27.5. The Kier molecular flexibility index (Phi) is 10.6. The highest BCUT2D eigenvalue weighted by atomic mass is 28.3. The summed E-state index contributed by atoms with van der Waals surface area (Å²) in [6, 6.07) is 78.5. The largest absolute Gasteiger partial charge is 0.311 e. The third-order valence-electron chi connectivity index (χ3n) is 15.9. The van der Waals surface area contributed by atoms with Gasteiger partial charge in [0.15, 0.2) is 0 Å². The van der Waals surface area contributed by atoms with E-state index in [4.69, 9.17) is 0 Å². The number of benzene rings is 9. The summed E-state index contributed by atoms with van der Waals surface area (Å²) in [6.45, 7) is 24.0. The van der Waals surface area contributed by atoms with Crippen LogP contribution in [0.1, 0.15) is 79.0 Å². The molecule has 0 aromatic heterocycles. The first-order chi connectivity index (χ1) is 34.5. The Morgan fingerprint density at radius 2 is 0.736 bits per heavy atom. The zero-order valence-electron chi connectivity index (χ0n) is 43.5. The number of nitrogens with zero attached hydrogens (tertiary/aromatic N) is 3. The lowest BCUT2D eigenvalue weighted by molar-refractivity contribution is 0.590.